The summed E-state index contributed by atoms with van der Waals surface area (Å²) in [4.78, 5) is 31.5. The molecule has 2 saturated heterocycles. The summed E-state index contributed by atoms with van der Waals surface area (Å²) in [5.74, 6) is -0.0892. The van der Waals surface area contributed by atoms with E-state index in [4.69, 9.17) is 10.3 Å². The van der Waals surface area contributed by atoms with Gasteiger partial charge in [0.1, 0.15) is 0 Å². The van der Waals surface area contributed by atoms with Gasteiger partial charge >= 0.3 is 0 Å². The summed E-state index contributed by atoms with van der Waals surface area (Å²) < 4.78 is 5.11. The molecule has 8 nitrogen and oxygen atoms in total. The number of nitrogens with two attached hydrogens (primary N) is 1. The Bertz CT molecular complexity index is 629. The summed E-state index contributed by atoms with van der Waals surface area (Å²) in [6.07, 6.45) is 3.77. The van der Waals surface area contributed by atoms with E-state index < -0.39 is 5.91 Å². The van der Waals surface area contributed by atoms with Crippen molar-refractivity contribution >= 4 is 11.8 Å². The Morgan fingerprint density at radius 3 is 2.83 bits per heavy atom. The van der Waals surface area contributed by atoms with Crippen LogP contribution < -0.4 is 5.73 Å². The third-order valence-corrected chi connectivity index (χ3v) is 5.11. The Morgan fingerprint density at radius 2 is 2.17 bits per heavy atom. The second-order valence-electron chi connectivity index (χ2n) is 7.31. The molecule has 1 aromatic heterocycles. The minimum absolute atomic E-state index is 0.0778. The molecule has 0 radical (unpaired) electrons. The summed E-state index contributed by atoms with van der Waals surface area (Å²) in [5, 5.41) is 3.59. The van der Waals surface area contributed by atoms with Gasteiger partial charge in [-0.05, 0) is 39.7 Å². The van der Waals surface area contributed by atoms with Crippen LogP contribution in [0.25, 0.3) is 0 Å². The van der Waals surface area contributed by atoms with Crippen molar-refractivity contribution in [3.05, 3.63) is 11.7 Å². The molecule has 2 aliphatic heterocycles. The molecular weight excluding hydrogens is 310 g/mol. The number of rotatable bonds is 4. The fourth-order valence-electron chi connectivity index (χ4n) is 3.90. The van der Waals surface area contributed by atoms with Gasteiger partial charge in [0.25, 0.3) is 11.7 Å². The van der Waals surface area contributed by atoms with Crippen molar-refractivity contribution < 1.29 is 14.1 Å². The zero-order valence-corrected chi connectivity index (χ0v) is 14.3. The molecule has 1 aromatic rings. The zero-order valence-electron chi connectivity index (χ0n) is 14.3. The molecule has 0 aliphatic carbocycles. The van der Waals surface area contributed by atoms with E-state index in [0.717, 1.165) is 38.9 Å². The van der Waals surface area contributed by atoms with Gasteiger partial charge in [0.05, 0.1) is 6.54 Å². The Hall–Kier alpha value is -1.96. The van der Waals surface area contributed by atoms with E-state index in [9.17, 15) is 9.59 Å². The molecule has 3 rings (SSSR count). The lowest BCUT2D eigenvalue weighted by Crippen LogP contribution is -2.55. The van der Waals surface area contributed by atoms with Gasteiger partial charge in [-0.25, -0.2) is 0 Å². The SMILES string of the molecule is CC(C)N1C[C@]2(CCCN(Cc3nc(C(N)=O)no3)C2)CCC1=O. The number of primary amides is 1. The van der Waals surface area contributed by atoms with Crippen LogP contribution in [0, 0.1) is 5.41 Å². The smallest absolute Gasteiger partial charge is 0.290 e. The minimum Gasteiger partial charge on any atom is -0.363 e. The van der Waals surface area contributed by atoms with E-state index in [0.29, 0.717) is 18.9 Å². The lowest BCUT2D eigenvalue weighted by molar-refractivity contribution is -0.141. The molecule has 1 spiro atoms. The van der Waals surface area contributed by atoms with Crippen molar-refractivity contribution in [3.8, 4) is 0 Å². The van der Waals surface area contributed by atoms with Crippen LogP contribution in [0.3, 0.4) is 0 Å². The van der Waals surface area contributed by atoms with Gasteiger partial charge in [-0.1, -0.05) is 5.16 Å². The average Bonchev–Trinajstić information content (AvgIpc) is 2.99. The van der Waals surface area contributed by atoms with E-state index in [1.54, 1.807) is 0 Å². The lowest BCUT2D eigenvalue weighted by Gasteiger charge is -2.49. The van der Waals surface area contributed by atoms with Crippen molar-refractivity contribution in [1.29, 1.82) is 0 Å². The van der Waals surface area contributed by atoms with Gasteiger partial charge < -0.3 is 15.2 Å². The second kappa shape index (κ2) is 6.51. The van der Waals surface area contributed by atoms with E-state index >= 15 is 0 Å². The third kappa shape index (κ3) is 3.43. The predicted molar refractivity (Wildman–Crippen MR) is 85.8 cm³/mol. The molecule has 0 bridgehead atoms. The number of amides is 2. The fourth-order valence-corrected chi connectivity index (χ4v) is 3.90. The molecule has 8 heteroatoms. The molecule has 0 aromatic carbocycles. The molecule has 2 fully saturated rings. The Balaban J connectivity index is 1.67. The van der Waals surface area contributed by atoms with Crippen LogP contribution in [-0.4, -0.2) is 57.4 Å². The largest absolute Gasteiger partial charge is 0.363 e. The highest BCUT2D eigenvalue weighted by molar-refractivity contribution is 5.88. The van der Waals surface area contributed by atoms with Crippen molar-refractivity contribution in [2.24, 2.45) is 11.1 Å². The highest BCUT2D eigenvalue weighted by Crippen LogP contribution is 2.39. The van der Waals surface area contributed by atoms with Crippen LogP contribution in [-0.2, 0) is 11.3 Å². The normalized spacial score (nSPS) is 25.6. The number of piperidine rings is 2. The Morgan fingerprint density at radius 1 is 1.38 bits per heavy atom. The van der Waals surface area contributed by atoms with Gasteiger partial charge in [0.15, 0.2) is 0 Å². The van der Waals surface area contributed by atoms with Crippen molar-refractivity contribution in [2.75, 3.05) is 19.6 Å². The quantitative estimate of drug-likeness (QED) is 0.872. The van der Waals surface area contributed by atoms with Crippen LogP contribution in [0.15, 0.2) is 4.52 Å². The van der Waals surface area contributed by atoms with Crippen LogP contribution in [0.1, 0.15) is 56.0 Å². The second-order valence-corrected chi connectivity index (χ2v) is 7.31. The van der Waals surface area contributed by atoms with Crippen molar-refractivity contribution in [1.82, 2.24) is 19.9 Å². The maximum absolute atomic E-state index is 12.1. The number of carbonyl (C=O) groups excluding carboxylic acids is 2. The molecule has 2 N–H and O–H groups in total. The van der Waals surface area contributed by atoms with E-state index in [1.807, 2.05) is 4.90 Å². The summed E-state index contributed by atoms with van der Waals surface area (Å²) in [6.45, 7) is 7.32. The molecule has 3 heterocycles. The van der Waals surface area contributed by atoms with Gasteiger partial charge in [-0.2, -0.15) is 4.98 Å². The van der Waals surface area contributed by atoms with Crippen LogP contribution in [0.5, 0.6) is 0 Å². The number of nitrogens with zero attached hydrogens (tertiary/aromatic N) is 4. The summed E-state index contributed by atoms with van der Waals surface area (Å²) in [6, 6.07) is 0.235. The van der Waals surface area contributed by atoms with Crippen LogP contribution in [0.2, 0.25) is 0 Å². The van der Waals surface area contributed by atoms with Crippen LogP contribution in [0.4, 0.5) is 0 Å². The third-order valence-electron chi connectivity index (χ3n) is 5.11. The number of carbonyl (C=O) groups is 2. The number of aromatic nitrogens is 2. The van der Waals surface area contributed by atoms with E-state index in [2.05, 4.69) is 28.9 Å². The lowest BCUT2D eigenvalue weighted by atomic mass is 9.73. The first-order valence-electron chi connectivity index (χ1n) is 8.53. The first-order chi connectivity index (χ1) is 11.4. The monoisotopic (exact) mass is 335 g/mol. The fraction of sp³-hybridized carbons (Fsp3) is 0.750. The molecule has 2 amide bonds. The van der Waals surface area contributed by atoms with Gasteiger partial charge in [-0.15, -0.1) is 0 Å². The Kier molecular flexibility index (Phi) is 4.58. The summed E-state index contributed by atoms with van der Waals surface area (Å²) in [7, 11) is 0. The van der Waals surface area contributed by atoms with Crippen molar-refractivity contribution in [3.63, 3.8) is 0 Å². The first-order valence-corrected chi connectivity index (χ1v) is 8.53. The topological polar surface area (TPSA) is 106 Å². The van der Waals surface area contributed by atoms with Gasteiger partial charge in [0.2, 0.25) is 11.8 Å². The highest BCUT2D eigenvalue weighted by Gasteiger charge is 2.42. The standard InChI is InChI=1S/C16H25N5O3/c1-11(2)21-10-16(6-4-13(21)22)5-3-7-20(9-16)8-12-18-15(14(17)23)19-24-12/h11H,3-10H2,1-2H3,(H2,17,23)/t16-/m1/s1. The Labute approximate surface area is 141 Å². The summed E-state index contributed by atoms with van der Waals surface area (Å²) in [5.41, 5.74) is 5.30. The zero-order chi connectivity index (χ0) is 17.3. The maximum Gasteiger partial charge on any atom is 0.290 e. The molecule has 0 saturated carbocycles. The predicted octanol–water partition coefficient (Wildman–Crippen LogP) is 0.782. The first kappa shape index (κ1) is 16.9. The highest BCUT2D eigenvalue weighted by atomic mass is 16.5. The minimum atomic E-state index is -0.682. The van der Waals surface area contributed by atoms with Gasteiger partial charge in [-0.3, -0.25) is 14.5 Å². The number of likely N-dealkylation sites (tertiary alicyclic amines) is 2. The molecule has 132 valence electrons. The van der Waals surface area contributed by atoms with E-state index in [-0.39, 0.29) is 23.2 Å². The average molecular weight is 335 g/mol. The van der Waals surface area contributed by atoms with Crippen molar-refractivity contribution in [2.45, 2.75) is 52.1 Å². The molecule has 24 heavy (non-hydrogen) atoms. The number of hydrogen-bond acceptors (Lipinski definition) is 6. The van der Waals surface area contributed by atoms with Crippen LogP contribution >= 0.6 is 0 Å². The molecule has 2 aliphatic rings. The van der Waals surface area contributed by atoms with Gasteiger partial charge in [0, 0.05) is 31.0 Å². The number of hydrogen-bond donors (Lipinski definition) is 1. The maximum atomic E-state index is 12.1. The summed E-state index contributed by atoms with van der Waals surface area (Å²) >= 11 is 0. The molecular formula is C16H25N5O3. The van der Waals surface area contributed by atoms with E-state index in [1.165, 1.54) is 0 Å². The molecule has 1 atom stereocenters. The molecule has 0 unspecified atom stereocenters.